The van der Waals surface area contributed by atoms with Crippen molar-refractivity contribution in [3.63, 3.8) is 0 Å². The van der Waals surface area contributed by atoms with E-state index in [-0.39, 0.29) is 25.7 Å². The van der Waals surface area contributed by atoms with Crippen LogP contribution in [0.1, 0.15) is 342 Å². The van der Waals surface area contributed by atoms with Gasteiger partial charge in [0, 0.05) is 25.7 Å². The molecule has 0 aliphatic rings. The maximum absolute atomic E-state index is 13.0. The lowest BCUT2D eigenvalue weighted by molar-refractivity contribution is -0.161. The molecule has 3 N–H and O–H groups in total. The van der Waals surface area contributed by atoms with Crippen molar-refractivity contribution in [2.75, 3.05) is 39.6 Å². The Morgan fingerprint density at radius 1 is 0.315 bits per heavy atom. The molecule has 0 amide bonds. The van der Waals surface area contributed by atoms with Crippen molar-refractivity contribution in [2.24, 2.45) is 0 Å². The number of aliphatic hydroxyl groups excluding tert-OH is 1. The van der Waals surface area contributed by atoms with Crippen LogP contribution in [0.15, 0.2) is 24.3 Å². The molecule has 0 fully saturated rings. The number of esters is 4. The summed E-state index contributed by atoms with van der Waals surface area (Å²) in [5.41, 5.74) is 0. The molecular weight excluding hydrogens is 1170 g/mol. The van der Waals surface area contributed by atoms with Crippen LogP contribution in [0.2, 0.25) is 0 Å². The van der Waals surface area contributed by atoms with E-state index < -0.39 is 97.5 Å². The van der Waals surface area contributed by atoms with E-state index in [2.05, 4.69) is 52.0 Å². The standard InChI is InChI=1S/C70H132O17P2/c1-5-9-13-17-21-25-27-29-31-32-33-35-37-39-41-45-49-53-57-70(75)87-66(61-81-68(73)55-51-47-44-40-38-36-34-30-28-26-22-18-14-10-6-2)63-85-89(78,79)83-59-64(71)58-82-88(76,77)84-62-65(86-69(74)56-52-48-43-24-20-16-12-8-4)60-80-67(72)54-50-46-42-23-19-15-11-7-3/h26,28,30,34,64-66,71H,5-25,27,29,31-33,35-63H2,1-4H3,(H,76,77)(H,78,79)/b28-26-,34-30-/t64-,65+,66+/m0/s1. The number of aliphatic hydroxyl groups is 1. The molecule has 524 valence electrons. The fourth-order valence-corrected chi connectivity index (χ4v) is 11.7. The third-order valence-corrected chi connectivity index (χ3v) is 17.6. The van der Waals surface area contributed by atoms with E-state index in [1.807, 2.05) is 0 Å². The maximum Gasteiger partial charge on any atom is 0.472 e. The molecule has 89 heavy (non-hydrogen) atoms. The van der Waals surface area contributed by atoms with Crippen LogP contribution in [-0.4, -0.2) is 96.7 Å². The molecule has 0 aromatic heterocycles. The average Bonchev–Trinajstić information content (AvgIpc) is 3.66. The zero-order valence-electron chi connectivity index (χ0n) is 56.9. The first-order valence-electron chi connectivity index (χ1n) is 36.1. The average molecular weight is 1310 g/mol. The molecule has 0 rings (SSSR count). The van der Waals surface area contributed by atoms with Gasteiger partial charge < -0.3 is 33.8 Å². The molecule has 19 heteroatoms. The van der Waals surface area contributed by atoms with Gasteiger partial charge in [0.25, 0.3) is 0 Å². The Balaban J connectivity index is 5.21. The zero-order chi connectivity index (χ0) is 65.4. The van der Waals surface area contributed by atoms with Gasteiger partial charge >= 0.3 is 39.5 Å². The number of unbranched alkanes of at least 4 members (excludes halogenated alkanes) is 40. The smallest absolute Gasteiger partial charge is 0.462 e. The number of phosphoric ester groups is 2. The highest BCUT2D eigenvalue weighted by molar-refractivity contribution is 7.47. The fourth-order valence-electron chi connectivity index (χ4n) is 10.2. The Hall–Kier alpha value is -2.46. The van der Waals surface area contributed by atoms with Crippen molar-refractivity contribution in [1.82, 2.24) is 0 Å². The molecule has 0 spiro atoms. The van der Waals surface area contributed by atoms with Gasteiger partial charge in [0.1, 0.15) is 19.3 Å². The number of rotatable bonds is 69. The number of carbonyl (C=O) groups excluding carboxylic acids is 4. The molecule has 0 saturated carbocycles. The summed E-state index contributed by atoms with van der Waals surface area (Å²) in [6, 6.07) is 0. The van der Waals surface area contributed by atoms with Crippen LogP contribution in [0.25, 0.3) is 0 Å². The van der Waals surface area contributed by atoms with E-state index >= 15 is 0 Å². The van der Waals surface area contributed by atoms with E-state index in [0.29, 0.717) is 25.7 Å². The monoisotopic (exact) mass is 1310 g/mol. The molecule has 2 unspecified atom stereocenters. The van der Waals surface area contributed by atoms with Gasteiger partial charge in [-0.05, 0) is 51.4 Å². The first kappa shape index (κ1) is 86.5. The predicted molar refractivity (Wildman–Crippen MR) is 358 cm³/mol. The number of phosphoric acid groups is 2. The third-order valence-electron chi connectivity index (χ3n) is 15.7. The Kier molecular flexibility index (Phi) is 62.5. The summed E-state index contributed by atoms with van der Waals surface area (Å²) in [6.07, 6.45) is 55.1. The second kappa shape index (κ2) is 64.3. The van der Waals surface area contributed by atoms with Gasteiger partial charge in [0.15, 0.2) is 12.2 Å². The van der Waals surface area contributed by atoms with Gasteiger partial charge in [-0.25, -0.2) is 9.13 Å². The van der Waals surface area contributed by atoms with Gasteiger partial charge in [-0.1, -0.05) is 290 Å². The van der Waals surface area contributed by atoms with Gasteiger partial charge in [-0.2, -0.15) is 0 Å². The minimum Gasteiger partial charge on any atom is -0.462 e. The van der Waals surface area contributed by atoms with E-state index in [4.69, 9.17) is 37.0 Å². The summed E-state index contributed by atoms with van der Waals surface area (Å²) in [5.74, 6) is -2.16. The third kappa shape index (κ3) is 64.1. The summed E-state index contributed by atoms with van der Waals surface area (Å²) in [5, 5.41) is 10.6. The molecule has 0 saturated heterocycles. The molecule has 0 aliphatic carbocycles. The minimum absolute atomic E-state index is 0.102. The number of hydrogen-bond acceptors (Lipinski definition) is 15. The molecule has 0 aliphatic heterocycles. The van der Waals surface area contributed by atoms with Crippen molar-refractivity contribution < 1.29 is 80.2 Å². The van der Waals surface area contributed by atoms with E-state index in [1.54, 1.807) is 0 Å². The quantitative estimate of drug-likeness (QED) is 0.0169. The summed E-state index contributed by atoms with van der Waals surface area (Å²) < 4.78 is 68.1. The SMILES string of the molecule is CCCCCC/C=C\C=C/CCCCCCCC(=O)OC[C@H](COP(=O)(O)OC[C@@H](O)COP(=O)(O)OC[C@@H](COC(=O)CCCCCCCCCC)OC(=O)CCCCCCCCCC)OC(=O)CCCCCCCCCCCCCCCCCCCC. The van der Waals surface area contributed by atoms with Crippen LogP contribution >= 0.6 is 15.6 Å². The number of ether oxygens (including phenoxy) is 4. The molecule has 5 atom stereocenters. The normalized spacial score (nSPS) is 14.2. The first-order chi connectivity index (χ1) is 43.2. The molecule has 0 aromatic carbocycles. The van der Waals surface area contributed by atoms with Crippen LogP contribution in [0.4, 0.5) is 0 Å². The van der Waals surface area contributed by atoms with Crippen molar-refractivity contribution >= 4 is 39.5 Å². The summed E-state index contributed by atoms with van der Waals surface area (Å²) in [4.78, 5) is 72.3. The Morgan fingerprint density at radius 3 is 0.820 bits per heavy atom. The lowest BCUT2D eigenvalue weighted by Gasteiger charge is -2.21. The predicted octanol–water partition coefficient (Wildman–Crippen LogP) is 19.8. The van der Waals surface area contributed by atoms with Crippen LogP contribution in [0.5, 0.6) is 0 Å². The van der Waals surface area contributed by atoms with Crippen molar-refractivity contribution in [3.8, 4) is 0 Å². The van der Waals surface area contributed by atoms with Crippen LogP contribution in [-0.2, 0) is 65.4 Å². The first-order valence-corrected chi connectivity index (χ1v) is 39.1. The Bertz CT molecular complexity index is 1800. The van der Waals surface area contributed by atoms with Crippen molar-refractivity contribution in [1.29, 1.82) is 0 Å². The van der Waals surface area contributed by atoms with E-state index in [9.17, 15) is 43.2 Å². The maximum atomic E-state index is 13.0. The van der Waals surface area contributed by atoms with Gasteiger partial charge in [0.2, 0.25) is 0 Å². The Labute approximate surface area is 542 Å². The highest BCUT2D eigenvalue weighted by atomic mass is 31.2. The number of carbonyl (C=O) groups is 4. The molecule has 0 aromatic rings. The molecule has 0 bridgehead atoms. The molecular formula is C70H132O17P2. The molecule has 0 heterocycles. The zero-order valence-corrected chi connectivity index (χ0v) is 58.7. The lowest BCUT2D eigenvalue weighted by atomic mass is 10.0. The van der Waals surface area contributed by atoms with Crippen molar-refractivity contribution in [3.05, 3.63) is 24.3 Å². The topological polar surface area (TPSA) is 237 Å². The van der Waals surface area contributed by atoms with Gasteiger partial charge in [-0.3, -0.25) is 37.3 Å². The minimum atomic E-state index is -4.96. The largest absolute Gasteiger partial charge is 0.472 e. The van der Waals surface area contributed by atoms with Gasteiger partial charge in [0.05, 0.1) is 26.4 Å². The second-order valence-corrected chi connectivity index (χ2v) is 27.5. The molecule has 17 nitrogen and oxygen atoms in total. The second-order valence-electron chi connectivity index (χ2n) is 24.6. The highest BCUT2D eigenvalue weighted by Gasteiger charge is 2.30. The van der Waals surface area contributed by atoms with Crippen molar-refractivity contribution in [2.45, 2.75) is 361 Å². The van der Waals surface area contributed by atoms with Crippen LogP contribution in [0, 0.1) is 0 Å². The molecule has 0 radical (unpaired) electrons. The number of hydrogen-bond donors (Lipinski definition) is 3. The highest BCUT2D eigenvalue weighted by Crippen LogP contribution is 2.45. The Morgan fingerprint density at radius 2 is 0.539 bits per heavy atom. The van der Waals surface area contributed by atoms with Crippen LogP contribution in [0.3, 0.4) is 0 Å². The number of allylic oxidation sites excluding steroid dienone is 4. The van der Waals surface area contributed by atoms with E-state index in [0.717, 1.165) is 122 Å². The summed E-state index contributed by atoms with van der Waals surface area (Å²) in [7, 11) is -9.90. The lowest BCUT2D eigenvalue weighted by Crippen LogP contribution is -2.30. The van der Waals surface area contributed by atoms with Crippen LogP contribution < -0.4 is 0 Å². The van der Waals surface area contributed by atoms with E-state index in [1.165, 1.54) is 141 Å². The fraction of sp³-hybridized carbons (Fsp3) is 0.886. The summed E-state index contributed by atoms with van der Waals surface area (Å²) >= 11 is 0. The summed E-state index contributed by atoms with van der Waals surface area (Å²) in [6.45, 7) is 4.82. The van der Waals surface area contributed by atoms with Gasteiger partial charge in [-0.15, -0.1) is 0 Å².